The highest BCUT2D eigenvalue weighted by molar-refractivity contribution is 6.07. The van der Waals surface area contributed by atoms with Crippen molar-refractivity contribution in [3.05, 3.63) is 78.2 Å². The summed E-state index contributed by atoms with van der Waals surface area (Å²) in [5.41, 5.74) is 3.93. The third-order valence-electron chi connectivity index (χ3n) is 5.94. The normalized spacial score (nSPS) is 16.3. The quantitative estimate of drug-likeness (QED) is 0.676. The van der Waals surface area contributed by atoms with E-state index in [0.29, 0.717) is 5.56 Å². The first kappa shape index (κ1) is 18.6. The van der Waals surface area contributed by atoms with E-state index in [1.54, 1.807) is 6.20 Å². The lowest BCUT2D eigenvalue weighted by Gasteiger charge is -2.36. The maximum absolute atomic E-state index is 13.3. The summed E-state index contributed by atoms with van der Waals surface area (Å²) in [6, 6.07) is 16.2. The van der Waals surface area contributed by atoms with Gasteiger partial charge in [-0.1, -0.05) is 24.3 Å². The van der Waals surface area contributed by atoms with Gasteiger partial charge < -0.3 is 14.7 Å². The van der Waals surface area contributed by atoms with Crippen molar-refractivity contribution in [2.75, 3.05) is 47.4 Å². The summed E-state index contributed by atoms with van der Waals surface area (Å²) in [5.74, 6) is 1.05. The molecule has 0 bridgehead atoms. The number of rotatable bonds is 3. The van der Waals surface area contributed by atoms with Crippen LogP contribution in [0.3, 0.4) is 0 Å². The molecule has 4 heterocycles. The van der Waals surface area contributed by atoms with Gasteiger partial charge in [-0.15, -0.1) is 0 Å². The van der Waals surface area contributed by atoms with Gasteiger partial charge in [0.25, 0.3) is 5.91 Å². The number of hydrogen-bond donors (Lipinski definition) is 0. The molecule has 1 aromatic carbocycles. The highest BCUT2D eigenvalue weighted by Gasteiger charge is 2.25. The Hall–Kier alpha value is -3.41. The highest BCUT2D eigenvalue weighted by Crippen LogP contribution is 2.29. The third kappa shape index (κ3) is 3.61. The van der Waals surface area contributed by atoms with Gasteiger partial charge in [0.15, 0.2) is 0 Å². The van der Waals surface area contributed by atoms with Crippen LogP contribution in [0.5, 0.6) is 0 Å². The molecule has 2 aromatic heterocycles. The van der Waals surface area contributed by atoms with Gasteiger partial charge in [-0.05, 0) is 42.7 Å². The maximum atomic E-state index is 13.3. The smallest absolute Gasteiger partial charge is 0.259 e. The molecule has 0 N–H and O–H groups in total. The van der Waals surface area contributed by atoms with Crippen LogP contribution in [0.2, 0.25) is 0 Å². The molecule has 2 aliphatic heterocycles. The molecular weight excluding hydrogens is 374 g/mol. The van der Waals surface area contributed by atoms with Crippen LogP contribution in [-0.2, 0) is 6.42 Å². The number of fused-ring (bicyclic) bond motifs is 1. The fourth-order valence-electron chi connectivity index (χ4n) is 4.35. The van der Waals surface area contributed by atoms with E-state index in [-0.39, 0.29) is 5.91 Å². The summed E-state index contributed by atoms with van der Waals surface area (Å²) in [6.07, 6.45) is 7.40. The molecule has 0 saturated carbocycles. The lowest BCUT2D eigenvalue weighted by Crippen LogP contribution is -2.47. The van der Waals surface area contributed by atoms with Crippen LogP contribution >= 0.6 is 0 Å². The van der Waals surface area contributed by atoms with Crippen LogP contribution in [0, 0.1) is 0 Å². The van der Waals surface area contributed by atoms with Gasteiger partial charge in [0.1, 0.15) is 5.82 Å². The second-order valence-electron chi connectivity index (χ2n) is 7.78. The number of hydrogen-bond acceptors (Lipinski definition) is 5. The van der Waals surface area contributed by atoms with E-state index in [2.05, 4.69) is 25.8 Å². The van der Waals surface area contributed by atoms with Crippen LogP contribution in [-0.4, -0.2) is 48.6 Å². The molecule has 3 aromatic rings. The maximum Gasteiger partial charge on any atom is 0.259 e. The average molecular weight is 399 g/mol. The van der Waals surface area contributed by atoms with E-state index in [1.165, 1.54) is 5.56 Å². The Morgan fingerprint density at radius 1 is 0.867 bits per heavy atom. The SMILES string of the molecule is O=C(c1cncc(N2CCN(c3ccccn3)CC2)c1)N1CCCc2ccccc21. The molecule has 0 atom stereocenters. The van der Waals surface area contributed by atoms with Crippen molar-refractivity contribution in [2.24, 2.45) is 0 Å². The first-order valence-electron chi connectivity index (χ1n) is 10.6. The summed E-state index contributed by atoms with van der Waals surface area (Å²) in [6.45, 7) is 4.30. The van der Waals surface area contributed by atoms with Crippen molar-refractivity contribution in [1.29, 1.82) is 0 Å². The molecule has 30 heavy (non-hydrogen) atoms. The van der Waals surface area contributed by atoms with E-state index >= 15 is 0 Å². The Kier molecular flexibility index (Phi) is 5.05. The summed E-state index contributed by atoms with van der Waals surface area (Å²) >= 11 is 0. The molecule has 5 rings (SSSR count). The van der Waals surface area contributed by atoms with E-state index < -0.39 is 0 Å². The summed E-state index contributed by atoms with van der Waals surface area (Å²) in [7, 11) is 0. The number of nitrogens with zero attached hydrogens (tertiary/aromatic N) is 5. The zero-order chi connectivity index (χ0) is 20.3. The van der Waals surface area contributed by atoms with Crippen molar-refractivity contribution in [2.45, 2.75) is 12.8 Å². The largest absolute Gasteiger partial charge is 0.367 e. The third-order valence-corrected chi connectivity index (χ3v) is 5.94. The fraction of sp³-hybridized carbons (Fsp3) is 0.292. The number of pyridine rings is 2. The molecule has 6 nitrogen and oxygen atoms in total. The Morgan fingerprint density at radius 2 is 1.67 bits per heavy atom. The van der Waals surface area contributed by atoms with Crippen LogP contribution < -0.4 is 14.7 Å². The lowest BCUT2D eigenvalue weighted by molar-refractivity contribution is 0.0985. The average Bonchev–Trinajstić information content (AvgIpc) is 2.84. The number of para-hydroxylation sites is 1. The summed E-state index contributed by atoms with van der Waals surface area (Å²) in [5, 5.41) is 0. The predicted octanol–water partition coefficient (Wildman–Crippen LogP) is 3.40. The van der Waals surface area contributed by atoms with Crippen LogP contribution in [0.25, 0.3) is 0 Å². The van der Waals surface area contributed by atoms with Crippen LogP contribution in [0.4, 0.5) is 17.2 Å². The van der Waals surface area contributed by atoms with Gasteiger partial charge in [-0.3, -0.25) is 9.78 Å². The molecule has 2 aliphatic rings. The topological polar surface area (TPSA) is 52.6 Å². The van der Waals surface area contributed by atoms with E-state index in [0.717, 1.165) is 62.8 Å². The Balaban J connectivity index is 1.31. The van der Waals surface area contributed by atoms with Gasteiger partial charge in [-0.25, -0.2) is 4.98 Å². The molecule has 1 fully saturated rings. The molecule has 0 radical (unpaired) electrons. The van der Waals surface area contributed by atoms with Crippen molar-refractivity contribution < 1.29 is 4.79 Å². The minimum absolute atomic E-state index is 0.0311. The van der Waals surface area contributed by atoms with E-state index in [1.807, 2.05) is 59.8 Å². The zero-order valence-electron chi connectivity index (χ0n) is 16.9. The molecule has 0 aliphatic carbocycles. The molecule has 152 valence electrons. The first-order chi connectivity index (χ1) is 14.8. The molecule has 0 spiro atoms. The molecule has 1 saturated heterocycles. The monoisotopic (exact) mass is 399 g/mol. The number of carbonyl (C=O) groups excluding carboxylic acids is 1. The molecule has 1 amide bonds. The van der Waals surface area contributed by atoms with Gasteiger partial charge in [0, 0.05) is 50.8 Å². The number of aromatic nitrogens is 2. The minimum atomic E-state index is 0.0311. The van der Waals surface area contributed by atoms with Gasteiger partial charge in [-0.2, -0.15) is 0 Å². The van der Waals surface area contributed by atoms with Gasteiger partial charge >= 0.3 is 0 Å². The minimum Gasteiger partial charge on any atom is -0.367 e. The highest BCUT2D eigenvalue weighted by atomic mass is 16.2. The van der Waals surface area contributed by atoms with E-state index in [4.69, 9.17) is 0 Å². The molecule has 0 unspecified atom stereocenters. The van der Waals surface area contributed by atoms with Crippen LogP contribution in [0.15, 0.2) is 67.1 Å². The van der Waals surface area contributed by atoms with Crippen molar-refractivity contribution >= 4 is 23.1 Å². The van der Waals surface area contributed by atoms with Crippen molar-refractivity contribution in [3.63, 3.8) is 0 Å². The van der Waals surface area contributed by atoms with E-state index in [9.17, 15) is 4.79 Å². The number of benzene rings is 1. The van der Waals surface area contributed by atoms with Gasteiger partial charge in [0.05, 0.1) is 17.4 Å². The summed E-state index contributed by atoms with van der Waals surface area (Å²) in [4.78, 5) is 28.6. The number of carbonyl (C=O) groups is 1. The Labute approximate surface area is 176 Å². The van der Waals surface area contributed by atoms with Crippen LogP contribution in [0.1, 0.15) is 22.3 Å². The van der Waals surface area contributed by atoms with Crippen molar-refractivity contribution in [3.8, 4) is 0 Å². The standard InChI is InChI=1S/C24H25N5O/c30-24(29-11-5-7-19-6-1-2-8-22(19)29)20-16-21(18-25-17-20)27-12-14-28(15-13-27)23-9-3-4-10-26-23/h1-4,6,8-10,16-18H,5,7,11-15H2. The summed E-state index contributed by atoms with van der Waals surface area (Å²) < 4.78 is 0. The van der Waals surface area contributed by atoms with Crippen molar-refractivity contribution in [1.82, 2.24) is 9.97 Å². The van der Waals surface area contributed by atoms with Gasteiger partial charge in [0.2, 0.25) is 0 Å². The Morgan fingerprint density at radius 3 is 2.50 bits per heavy atom. The zero-order valence-corrected chi connectivity index (χ0v) is 16.9. The molecular formula is C24H25N5O. The first-order valence-corrected chi connectivity index (χ1v) is 10.6. The second kappa shape index (κ2) is 8.14. The second-order valence-corrected chi connectivity index (χ2v) is 7.78. The number of piperazine rings is 1. The number of aryl methyl sites for hydroxylation is 1. The lowest BCUT2D eigenvalue weighted by atomic mass is 10.0. The number of anilines is 3. The fourth-order valence-corrected chi connectivity index (χ4v) is 4.35. The Bertz CT molecular complexity index is 1030. The number of amides is 1. The predicted molar refractivity (Wildman–Crippen MR) is 119 cm³/mol. The molecule has 6 heteroatoms.